The van der Waals surface area contributed by atoms with E-state index in [9.17, 15) is 21.7 Å². The summed E-state index contributed by atoms with van der Waals surface area (Å²) in [5.74, 6) is 0. The van der Waals surface area contributed by atoms with Gasteiger partial charge in [-0.05, 0) is 0 Å². The van der Waals surface area contributed by atoms with Crippen LogP contribution in [0.1, 0.15) is 0 Å². The molecule has 0 atom stereocenters. The molecule has 1 aromatic rings. The first-order valence-corrected chi connectivity index (χ1v) is 3.25. The first-order valence-electron chi connectivity index (χ1n) is 3.25. The van der Waals surface area contributed by atoms with Gasteiger partial charge in [0.25, 0.3) is 0 Å². The summed E-state index contributed by atoms with van der Waals surface area (Å²) < 4.78 is 54.2. The molecule has 0 saturated carbocycles. The van der Waals surface area contributed by atoms with E-state index in [4.69, 9.17) is 0 Å². The van der Waals surface area contributed by atoms with E-state index in [1.54, 1.807) is 26.5 Å². The highest BCUT2D eigenvalue weighted by Gasteiger charge is 2.20. The second-order valence-corrected chi connectivity index (χ2v) is 2.28. The highest BCUT2D eigenvalue weighted by atomic mass is 19.5. The summed E-state index contributed by atoms with van der Waals surface area (Å²) in [5.41, 5.74) is 0. The Hall–Kier alpha value is -1.08. The van der Waals surface area contributed by atoms with Crippen LogP contribution in [0.25, 0.3) is 0 Å². The molecule has 0 N–H and O–H groups in total. The van der Waals surface area contributed by atoms with Gasteiger partial charge in [-0.15, -0.1) is 4.39 Å². The molecule has 76 valence electrons. The number of hydrogen-bond donors (Lipinski definition) is 0. The second kappa shape index (κ2) is 4.24. The number of aromatic nitrogens is 2. The Morgan fingerprint density at radius 2 is 1.69 bits per heavy atom. The van der Waals surface area contributed by atoms with Gasteiger partial charge in [0.15, 0.2) is 0 Å². The molecular formula is C5H8BF5N2. The fourth-order valence-electron chi connectivity index (χ4n) is 0.572. The summed E-state index contributed by atoms with van der Waals surface area (Å²) >= 11 is 0. The van der Waals surface area contributed by atoms with Crippen molar-refractivity contribution in [3.8, 4) is 0 Å². The molecule has 0 aliphatic heterocycles. The average Bonchev–Trinajstić information content (AvgIpc) is 2.16. The van der Waals surface area contributed by atoms with Crippen molar-refractivity contribution in [3.63, 3.8) is 0 Å². The Kier molecular flexibility index (Phi) is 3.89. The second-order valence-electron chi connectivity index (χ2n) is 2.28. The maximum absolute atomic E-state index is 12.4. The van der Waals surface area contributed by atoms with Crippen molar-refractivity contribution in [2.24, 2.45) is 14.1 Å². The fraction of sp³-hybridized carbons (Fsp3) is 0.400. The summed E-state index contributed by atoms with van der Waals surface area (Å²) in [5, 5.41) is 0. The Morgan fingerprint density at radius 3 is 1.77 bits per heavy atom. The third kappa shape index (κ3) is 6.12. The molecule has 0 amide bonds. The van der Waals surface area contributed by atoms with Gasteiger partial charge in [0.1, 0.15) is 12.4 Å². The van der Waals surface area contributed by atoms with Crippen LogP contribution in [0.3, 0.4) is 0 Å². The predicted molar refractivity (Wildman–Crippen MR) is 36.7 cm³/mol. The Bertz CT molecular complexity index is 243. The lowest BCUT2D eigenvalue weighted by Crippen LogP contribution is -2.30. The minimum absolute atomic E-state index is 0.231. The maximum atomic E-state index is 12.4. The van der Waals surface area contributed by atoms with Gasteiger partial charge in [0.2, 0.25) is 0 Å². The van der Waals surface area contributed by atoms with Gasteiger partial charge in [-0.25, -0.2) is 9.13 Å². The normalized spacial score (nSPS) is 10.7. The Balaban J connectivity index is 0.000000252. The largest absolute Gasteiger partial charge is 0.673 e. The summed E-state index contributed by atoms with van der Waals surface area (Å²) in [7, 11) is -2.68. The van der Waals surface area contributed by atoms with Crippen molar-refractivity contribution in [1.29, 1.82) is 0 Å². The van der Waals surface area contributed by atoms with Crippen LogP contribution in [0.15, 0.2) is 12.4 Å². The van der Waals surface area contributed by atoms with Crippen molar-refractivity contribution in [2.45, 2.75) is 0 Å². The van der Waals surface area contributed by atoms with Crippen LogP contribution in [-0.4, -0.2) is 11.8 Å². The lowest BCUT2D eigenvalue weighted by atomic mass is 10.3. The van der Waals surface area contributed by atoms with Crippen molar-refractivity contribution in [3.05, 3.63) is 18.5 Å². The molecule has 1 heterocycles. The molecule has 2 nitrogen and oxygen atoms in total. The third-order valence-electron chi connectivity index (χ3n) is 1.10. The fourth-order valence-corrected chi connectivity index (χ4v) is 0.572. The first-order chi connectivity index (χ1) is 5.72. The third-order valence-corrected chi connectivity index (χ3v) is 1.10. The van der Waals surface area contributed by atoms with Crippen LogP contribution in [0.2, 0.25) is 0 Å². The van der Waals surface area contributed by atoms with Gasteiger partial charge >= 0.3 is 13.3 Å². The highest BCUT2D eigenvalue weighted by molar-refractivity contribution is 6.50. The van der Waals surface area contributed by atoms with Gasteiger partial charge in [0, 0.05) is 0 Å². The van der Waals surface area contributed by atoms with Gasteiger partial charge in [-0.2, -0.15) is 0 Å². The molecule has 0 aliphatic rings. The summed E-state index contributed by atoms with van der Waals surface area (Å²) in [6, 6.07) is 0. The van der Waals surface area contributed by atoms with E-state index in [-0.39, 0.29) is 6.08 Å². The van der Waals surface area contributed by atoms with Crippen molar-refractivity contribution < 1.29 is 26.2 Å². The van der Waals surface area contributed by atoms with Crippen LogP contribution in [0.5, 0.6) is 0 Å². The molecule has 8 heteroatoms. The molecule has 1 rings (SSSR count). The summed E-state index contributed by atoms with van der Waals surface area (Å²) in [6.45, 7) is 0. The van der Waals surface area contributed by atoms with Crippen molar-refractivity contribution in [1.82, 2.24) is 4.57 Å². The van der Waals surface area contributed by atoms with E-state index < -0.39 is 7.25 Å². The van der Waals surface area contributed by atoms with E-state index in [0.717, 1.165) is 0 Å². The minimum Gasteiger partial charge on any atom is -0.418 e. The van der Waals surface area contributed by atoms with Gasteiger partial charge in [0.05, 0.1) is 14.1 Å². The molecule has 0 unspecified atom stereocenters. The SMILES string of the molecule is Cn1cc[n+](C)c1F.F[B-](F)(F)F. The minimum atomic E-state index is -6.00. The molecule has 13 heavy (non-hydrogen) atoms. The molecule has 0 fully saturated rings. The maximum Gasteiger partial charge on any atom is 0.673 e. The zero-order valence-electron chi connectivity index (χ0n) is 7.02. The quantitative estimate of drug-likeness (QED) is 0.340. The number of rotatable bonds is 0. The van der Waals surface area contributed by atoms with Gasteiger partial charge in [-0.1, -0.05) is 0 Å². The number of imidazole rings is 1. The molecule has 0 aromatic carbocycles. The van der Waals surface area contributed by atoms with Crippen LogP contribution in [-0.2, 0) is 14.1 Å². The van der Waals surface area contributed by atoms with Gasteiger partial charge in [-0.3, -0.25) is 0 Å². The Labute approximate surface area is 71.7 Å². The van der Waals surface area contributed by atoms with E-state index in [1.165, 1.54) is 9.13 Å². The molecule has 0 saturated heterocycles. The van der Waals surface area contributed by atoms with E-state index >= 15 is 0 Å². The van der Waals surface area contributed by atoms with Crippen LogP contribution in [0.4, 0.5) is 21.7 Å². The molecule has 0 radical (unpaired) electrons. The standard InChI is InChI=1S/C5H8FN2.BF4/c1-7-3-4-8(2)5(7)6;2-1(3,4)5/h3-4H,1-2H3;/q+1;-1. The summed E-state index contributed by atoms with van der Waals surface area (Å²) in [6.07, 6.45) is 3.09. The van der Waals surface area contributed by atoms with Crippen molar-refractivity contribution in [2.75, 3.05) is 0 Å². The molecular weight excluding hydrogens is 194 g/mol. The molecule has 0 spiro atoms. The van der Waals surface area contributed by atoms with E-state index in [0.29, 0.717) is 0 Å². The van der Waals surface area contributed by atoms with Crippen molar-refractivity contribution >= 4 is 7.25 Å². The number of hydrogen-bond acceptors (Lipinski definition) is 0. The lowest BCUT2D eigenvalue weighted by molar-refractivity contribution is -0.700. The zero-order chi connectivity index (χ0) is 10.6. The monoisotopic (exact) mass is 202 g/mol. The lowest BCUT2D eigenvalue weighted by Gasteiger charge is -1.94. The molecule has 1 aromatic heterocycles. The van der Waals surface area contributed by atoms with E-state index in [2.05, 4.69) is 0 Å². The average molecular weight is 202 g/mol. The highest BCUT2D eigenvalue weighted by Crippen LogP contribution is 2.06. The van der Waals surface area contributed by atoms with Crippen LogP contribution < -0.4 is 4.57 Å². The van der Waals surface area contributed by atoms with Crippen LogP contribution in [0, 0.1) is 6.08 Å². The zero-order valence-corrected chi connectivity index (χ0v) is 7.02. The van der Waals surface area contributed by atoms with E-state index in [1.807, 2.05) is 0 Å². The van der Waals surface area contributed by atoms with Gasteiger partial charge < -0.3 is 17.3 Å². The number of aryl methyl sites for hydroxylation is 2. The smallest absolute Gasteiger partial charge is 0.418 e. The first kappa shape index (κ1) is 11.9. The number of halogens is 5. The summed E-state index contributed by atoms with van der Waals surface area (Å²) in [4.78, 5) is 0. The number of nitrogens with zero attached hydrogens (tertiary/aromatic N) is 2. The predicted octanol–water partition coefficient (Wildman–Crippen LogP) is 1.29. The Morgan fingerprint density at radius 1 is 1.31 bits per heavy atom. The topological polar surface area (TPSA) is 8.81 Å². The van der Waals surface area contributed by atoms with Crippen LogP contribution >= 0.6 is 0 Å². The molecule has 0 bridgehead atoms. The molecule has 0 aliphatic carbocycles.